The number of rotatable bonds is 1. The summed E-state index contributed by atoms with van der Waals surface area (Å²) < 4.78 is 19.5. The second-order valence-corrected chi connectivity index (χ2v) is 8.49. The van der Waals surface area contributed by atoms with Gasteiger partial charge in [0.2, 0.25) is 0 Å². The molecule has 2 aromatic rings. The third-order valence-corrected chi connectivity index (χ3v) is 8.51. The van der Waals surface area contributed by atoms with Gasteiger partial charge in [-0.2, -0.15) is 0 Å². The quantitative estimate of drug-likeness (QED) is 0.488. The molecule has 0 N–H and O–H groups in total. The Hall–Kier alpha value is -1.41. The summed E-state index contributed by atoms with van der Waals surface area (Å²) in [6.07, 6.45) is 3.56. The molecule has 8 heteroatoms. The van der Waals surface area contributed by atoms with Crippen LogP contribution in [0.3, 0.4) is 0 Å². The molecule has 1 aromatic heterocycles. The Morgan fingerprint density at radius 1 is 1.00 bits per heavy atom. The molecule has 6 rings (SSSR count). The highest BCUT2D eigenvalue weighted by Gasteiger charge is 2.72. The van der Waals surface area contributed by atoms with Crippen LogP contribution in [0.4, 0.5) is 4.39 Å². The fraction of sp³-hybridized carbons (Fsp3) is 0.375. The van der Waals surface area contributed by atoms with Crippen LogP contribution in [-0.4, -0.2) is 29.3 Å². The number of alkyl halides is 3. The van der Waals surface area contributed by atoms with Gasteiger partial charge in [0.15, 0.2) is 5.67 Å². The summed E-state index contributed by atoms with van der Waals surface area (Å²) in [5, 5.41) is 0. The van der Waals surface area contributed by atoms with Crippen LogP contribution in [0.25, 0.3) is 5.69 Å². The monoisotopic (exact) mass is 455 g/mol. The number of benzene rings is 1. The van der Waals surface area contributed by atoms with Crippen molar-refractivity contribution in [1.82, 2.24) is 13.9 Å². The van der Waals surface area contributed by atoms with Crippen LogP contribution in [0.5, 0.6) is 0 Å². The van der Waals surface area contributed by atoms with E-state index >= 15 is 4.39 Å². The maximum Gasteiger partial charge on any atom is 0.352 e. The molecule has 1 fully saturated rings. The average Bonchev–Trinajstić information content (AvgIpc) is 2.88. The minimum Gasteiger partial charge on any atom is -0.245 e. The van der Waals surface area contributed by atoms with E-state index in [1.165, 1.54) is 9.36 Å². The highest BCUT2D eigenvalue weighted by atomic mass is 79.9. The standard InChI is InChI=1S/C16H12Br2FN3O2/c17-12-11-9-6-7-10(16(11,19)13(12)18)22-15(24)20(14(23)21(9)22)8-4-2-1-3-5-8/h1-7,9-13H/t9-,10-,11+,12-,13+,16+/m0/s1. The maximum absolute atomic E-state index is 15.7. The molecule has 1 saturated carbocycles. The van der Waals surface area contributed by atoms with Crippen molar-refractivity contribution in [3.05, 3.63) is 63.5 Å². The summed E-state index contributed by atoms with van der Waals surface area (Å²) in [5.41, 5.74) is -2.01. The first-order chi connectivity index (χ1) is 11.5. The molecule has 124 valence electrons. The molecule has 0 amide bonds. The number of nitrogens with zero attached hydrogens (tertiary/aromatic N) is 3. The van der Waals surface area contributed by atoms with E-state index in [-0.39, 0.29) is 10.7 Å². The van der Waals surface area contributed by atoms with Gasteiger partial charge < -0.3 is 0 Å². The van der Waals surface area contributed by atoms with Crippen molar-refractivity contribution in [1.29, 1.82) is 0 Å². The predicted octanol–water partition coefficient (Wildman–Crippen LogP) is 2.33. The second kappa shape index (κ2) is 4.60. The van der Waals surface area contributed by atoms with Crippen molar-refractivity contribution in [3.8, 4) is 5.69 Å². The first-order valence-corrected chi connectivity index (χ1v) is 9.48. The second-order valence-electron chi connectivity index (χ2n) is 6.44. The van der Waals surface area contributed by atoms with E-state index in [1.54, 1.807) is 30.3 Å². The Kier molecular flexibility index (Phi) is 2.86. The van der Waals surface area contributed by atoms with E-state index in [0.717, 1.165) is 4.57 Å². The van der Waals surface area contributed by atoms with Gasteiger partial charge in [-0.1, -0.05) is 62.2 Å². The van der Waals surface area contributed by atoms with Crippen molar-refractivity contribution in [2.75, 3.05) is 0 Å². The topological polar surface area (TPSA) is 48.9 Å². The van der Waals surface area contributed by atoms with E-state index in [1.807, 2.05) is 12.1 Å². The number of hydrogen-bond donors (Lipinski definition) is 0. The van der Waals surface area contributed by atoms with Gasteiger partial charge in [0, 0.05) is 10.7 Å². The lowest BCUT2D eigenvalue weighted by Crippen LogP contribution is -2.73. The lowest BCUT2D eigenvalue weighted by molar-refractivity contribution is -0.0929. The van der Waals surface area contributed by atoms with E-state index in [9.17, 15) is 9.59 Å². The van der Waals surface area contributed by atoms with Gasteiger partial charge >= 0.3 is 11.4 Å². The molecule has 2 aliphatic heterocycles. The molecule has 2 aliphatic carbocycles. The van der Waals surface area contributed by atoms with E-state index in [0.29, 0.717) is 5.69 Å². The molecule has 4 aliphatic rings. The zero-order valence-electron chi connectivity index (χ0n) is 12.2. The van der Waals surface area contributed by atoms with Gasteiger partial charge in [0.1, 0.15) is 6.04 Å². The first-order valence-electron chi connectivity index (χ1n) is 7.64. The molecule has 0 radical (unpaired) electrons. The van der Waals surface area contributed by atoms with Crippen LogP contribution in [-0.2, 0) is 0 Å². The maximum atomic E-state index is 15.7. The summed E-state index contributed by atoms with van der Waals surface area (Å²) in [7, 11) is 0. The van der Waals surface area contributed by atoms with Gasteiger partial charge in [-0.3, -0.25) is 0 Å². The van der Waals surface area contributed by atoms with Crippen LogP contribution in [0.2, 0.25) is 0 Å². The van der Waals surface area contributed by atoms with E-state index in [4.69, 9.17) is 0 Å². The van der Waals surface area contributed by atoms with Gasteiger partial charge in [0.25, 0.3) is 0 Å². The van der Waals surface area contributed by atoms with Crippen molar-refractivity contribution in [2.45, 2.75) is 27.4 Å². The fourth-order valence-corrected chi connectivity index (χ4v) is 6.36. The van der Waals surface area contributed by atoms with Crippen LogP contribution in [0, 0.1) is 5.92 Å². The smallest absolute Gasteiger partial charge is 0.245 e. The molecule has 3 heterocycles. The van der Waals surface area contributed by atoms with Crippen LogP contribution >= 0.6 is 31.9 Å². The summed E-state index contributed by atoms with van der Waals surface area (Å²) in [6.45, 7) is 0. The summed E-state index contributed by atoms with van der Waals surface area (Å²) >= 11 is 6.93. The molecular formula is C16H12Br2FN3O2. The Balaban J connectivity index is 1.81. The molecule has 2 bridgehead atoms. The third kappa shape index (κ3) is 1.46. The van der Waals surface area contributed by atoms with Gasteiger partial charge in [-0.15, -0.1) is 0 Å². The number of aromatic nitrogens is 3. The average molecular weight is 457 g/mol. The molecule has 24 heavy (non-hydrogen) atoms. The largest absolute Gasteiger partial charge is 0.352 e. The van der Waals surface area contributed by atoms with Crippen LogP contribution < -0.4 is 11.4 Å². The molecule has 5 nitrogen and oxygen atoms in total. The molecule has 0 saturated heterocycles. The number of halogens is 3. The van der Waals surface area contributed by atoms with E-state index < -0.39 is 34.0 Å². The first kappa shape index (κ1) is 14.9. The molecular weight excluding hydrogens is 445 g/mol. The summed E-state index contributed by atoms with van der Waals surface area (Å²) in [5.74, 6) is -0.374. The Morgan fingerprint density at radius 2 is 1.67 bits per heavy atom. The van der Waals surface area contributed by atoms with Gasteiger partial charge in [0.05, 0.1) is 16.6 Å². The Bertz CT molecular complexity index is 995. The SMILES string of the molecule is O=c1n(-c2ccccc2)c(=O)n2n1[C@H]1C=C[C@H]2[C@@H]2[C@H](Br)[C@@H](Br)[C@]21F. The number of hydrogen-bond acceptors (Lipinski definition) is 2. The lowest BCUT2D eigenvalue weighted by Gasteiger charge is -2.61. The summed E-state index contributed by atoms with van der Waals surface area (Å²) in [6, 6.07) is 7.49. The third-order valence-electron chi connectivity index (χ3n) is 5.44. The van der Waals surface area contributed by atoms with E-state index in [2.05, 4.69) is 31.9 Å². The van der Waals surface area contributed by atoms with Crippen molar-refractivity contribution >= 4 is 31.9 Å². The lowest BCUT2D eigenvalue weighted by atomic mass is 9.59. The summed E-state index contributed by atoms with van der Waals surface area (Å²) in [4.78, 5) is 25.3. The van der Waals surface area contributed by atoms with Crippen LogP contribution in [0.15, 0.2) is 52.1 Å². The van der Waals surface area contributed by atoms with Gasteiger partial charge in [-0.25, -0.2) is 27.9 Å². The van der Waals surface area contributed by atoms with Crippen molar-refractivity contribution in [3.63, 3.8) is 0 Å². The number of para-hydroxylation sites is 1. The highest BCUT2D eigenvalue weighted by Crippen LogP contribution is 2.64. The minimum atomic E-state index is -1.58. The van der Waals surface area contributed by atoms with Gasteiger partial charge in [-0.05, 0) is 12.1 Å². The Labute approximate surface area is 152 Å². The molecule has 1 aromatic carbocycles. The molecule has 0 spiro atoms. The zero-order valence-corrected chi connectivity index (χ0v) is 15.4. The van der Waals surface area contributed by atoms with Crippen LogP contribution in [0.1, 0.15) is 12.1 Å². The van der Waals surface area contributed by atoms with Crippen molar-refractivity contribution < 1.29 is 4.39 Å². The molecule has 0 unspecified atom stereocenters. The minimum absolute atomic E-state index is 0.0872. The highest BCUT2D eigenvalue weighted by molar-refractivity contribution is 9.12. The Morgan fingerprint density at radius 3 is 2.38 bits per heavy atom. The number of allylic oxidation sites excluding steroid dienone is 2. The van der Waals surface area contributed by atoms with Crippen molar-refractivity contribution in [2.24, 2.45) is 5.92 Å². The normalized spacial score (nSPS) is 38.5. The fourth-order valence-electron chi connectivity index (χ4n) is 4.33. The zero-order chi connectivity index (χ0) is 16.8. The predicted molar refractivity (Wildman–Crippen MR) is 94.3 cm³/mol. The molecule has 6 atom stereocenters.